The third-order valence-corrected chi connectivity index (χ3v) is 8.05. The van der Waals surface area contributed by atoms with Crippen LogP contribution in [0, 0.1) is 17.8 Å². The number of rotatable bonds is 3. The summed E-state index contributed by atoms with van der Waals surface area (Å²) in [6.07, 6.45) is 8.55. The average Bonchev–Trinajstić information content (AvgIpc) is 2.47. The second-order valence-corrected chi connectivity index (χ2v) is 9.61. The van der Waals surface area contributed by atoms with Crippen LogP contribution in [-0.2, 0) is 0 Å². The summed E-state index contributed by atoms with van der Waals surface area (Å²) >= 11 is 5.85. The lowest BCUT2D eigenvalue weighted by Gasteiger charge is -2.25. The molecule has 0 bridgehead atoms. The largest absolute Gasteiger partial charge is 0.0843 e. The van der Waals surface area contributed by atoms with Crippen molar-refractivity contribution in [3.05, 3.63) is 47.0 Å². The van der Waals surface area contributed by atoms with E-state index in [0.717, 1.165) is 16.5 Å². The second kappa shape index (κ2) is 8.34. The maximum absolute atomic E-state index is 5.85. The lowest BCUT2D eigenvalue weighted by molar-refractivity contribution is 0.572. The molecule has 1 aromatic carbocycles. The molecular weight excluding hydrogens is 280 g/mol. The van der Waals surface area contributed by atoms with Gasteiger partial charge in [-0.3, -0.25) is 0 Å². The van der Waals surface area contributed by atoms with Gasteiger partial charge in [-0.25, -0.2) is 0 Å². The summed E-state index contributed by atoms with van der Waals surface area (Å²) in [4.78, 5) is 0. The first kappa shape index (κ1) is 15.4. The Morgan fingerprint density at radius 1 is 1.25 bits per heavy atom. The maximum Gasteiger partial charge on any atom is 0.0406 e. The standard InChI is InChI=1S/C18H23ClSi/c1-2-13-20-14-11-17(12-15-20)6-4-3-5-16-7-9-18(19)10-8-16/h4,6-10,17,20H,2,11-15H2,1H3. The first-order valence-corrected chi connectivity index (χ1v) is 10.5. The Morgan fingerprint density at radius 3 is 2.60 bits per heavy atom. The Kier molecular flexibility index (Phi) is 6.43. The molecule has 0 nitrogen and oxygen atoms in total. The molecule has 1 fully saturated rings. The van der Waals surface area contributed by atoms with Crippen molar-refractivity contribution >= 4 is 20.4 Å². The predicted octanol–water partition coefficient (Wildman–Crippen LogP) is 5.29. The van der Waals surface area contributed by atoms with Crippen molar-refractivity contribution in [2.45, 2.75) is 44.3 Å². The molecule has 0 N–H and O–H groups in total. The van der Waals surface area contributed by atoms with Gasteiger partial charge in [0.15, 0.2) is 0 Å². The van der Waals surface area contributed by atoms with Crippen molar-refractivity contribution in [2.24, 2.45) is 5.92 Å². The van der Waals surface area contributed by atoms with E-state index in [1.165, 1.54) is 31.4 Å². The lowest BCUT2D eigenvalue weighted by Crippen LogP contribution is -2.19. The van der Waals surface area contributed by atoms with E-state index in [9.17, 15) is 0 Å². The first-order valence-electron chi connectivity index (χ1n) is 7.71. The van der Waals surface area contributed by atoms with Crippen molar-refractivity contribution in [1.29, 1.82) is 0 Å². The minimum Gasteiger partial charge on any atom is -0.0843 e. The number of halogens is 1. The molecule has 2 heteroatoms. The molecule has 0 amide bonds. The summed E-state index contributed by atoms with van der Waals surface area (Å²) < 4.78 is 0. The van der Waals surface area contributed by atoms with Gasteiger partial charge in [0, 0.05) is 19.4 Å². The van der Waals surface area contributed by atoms with E-state index in [1.54, 1.807) is 6.04 Å². The molecule has 0 aromatic heterocycles. The van der Waals surface area contributed by atoms with Crippen LogP contribution >= 0.6 is 11.6 Å². The second-order valence-electron chi connectivity index (χ2n) is 5.70. The highest BCUT2D eigenvalue weighted by molar-refractivity contribution is 6.58. The smallest absolute Gasteiger partial charge is 0.0406 e. The molecule has 1 heterocycles. The van der Waals surface area contributed by atoms with Gasteiger partial charge >= 0.3 is 0 Å². The molecule has 1 aliphatic heterocycles. The third-order valence-electron chi connectivity index (χ3n) is 4.10. The van der Waals surface area contributed by atoms with Crippen LogP contribution in [0.1, 0.15) is 31.7 Å². The zero-order valence-electron chi connectivity index (χ0n) is 12.2. The summed E-state index contributed by atoms with van der Waals surface area (Å²) in [6, 6.07) is 12.3. The van der Waals surface area contributed by atoms with Gasteiger partial charge in [0.1, 0.15) is 0 Å². The number of allylic oxidation sites excluding steroid dienone is 2. The van der Waals surface area contributed by atoms with Crippen molar-refractivity contribution in [1.82, 2.24) is 0 Å². The molecule has 20 heavy (non-hydrogen) atoms. The Morgan fingerprint density at radius 2 is 1.95 bits per heavy atom. The average molecular weight is 303 g/mol. The molecule has 1 saturated heterocycles. The maximum atomic E-state index is 5.85. The summed E-state index contributed by atoms with van der Waals surface area (Å²) in [5.74, 6) is 7.07. The van der Waals surface area contributed by atoms with E-state index in [2.05, 4.69) is 24.8 Å². The van der Waals surface area contributed by atoms with Crippen molar-refractivity contribution in [3.63, 3.8) is 0 Å². The molecule has 0 unspecified atom stereocenters. The molecule has 2 rings (SSSR count). The van der Waals surface area contributed by atoms with Gasteiger partial charge in [-0.1, -0.05) is 61.0 Å². The fourth-order valence-electron chi connectivity index (χ4n) is 2.92. The number of hydrogen-bond acceptors (Lipinski definition) is 0. The highest BCUT2D eigenvalue weighted by atomic mass is 35.5. The first-order chi connectivity index (χ1) is 9.78. The fraction of sp³-hybridized carbons (Fsp3) is 0.444. The van der Waals surface area contributed by atoms with Gasteiger partial charge < -0.3 is 0 Å². The molecule has 0 aliphatic carbocycles. The van der Waals surface area contributed by atoms with E-state index in [4.69, 9.17) is 11.6 Å². The van der Waals surface area contributed by atoms with Crippen LogP contribution in [0.4, 0.5) is 0 Å². The van der Waals surface area contributed by atoms with Gasteiger partial charge in [0.05, 0.1) is 0 Å². The number of hydrogen-bond donors (Lipinski definition) is 0. The normalized spacial score (nSPS) is 22.5. The zero-order chi connectivity index (χ0) is 14.2. The molecule has 1 aromatic rings. The molecule has 0 radical (unpaired) electrons. The van der Waals surface area contributed by atoms with Gasteiger partial charge in [-0.2, -0.15) is 0 Å². The Labute approximate surface area is 129 Å². The van der Waals surface area contributed by atoms with Gasteiger partial charge in [0.2, 0.25) is 0 Å². The van der Waals surface area contributed by atoms with Crippen LogP contribution in [0.15, 0.2) is 36.4 Å². The predicted molar refractivity (Wildman–Crippen MR) is 92.1 cm³/mol. The van der Waals surface area contributed by atoms with Gasteiger partial charge in [-0.05, 0) is 49.1 Å². The highest BCUT2D eigenvalue weighted by Crippen LogP contribution is 2.28. The SMILES string of the molecule is CCC[SiH]1CCC(C=CC#Cc2ccc(Cl)cc2)CC1. The van der Waals surface area contributed by atoms with Crippen molar-refractivity contribution < 1.29 is 0 Å². The molecule has 0 spiro atoms. The van der Waals surface area contributed by atoms with Crippen molar-refractivity contribution in [2.75, 3.05) is 0 Å². The van der Waals surface area contributed by atoms with Crippen LogP contribution in [0.5, 0.6) is 0 Å². The Bertz CT molecular complexity index is 484. The molecule has 106 valence electrons. The fourth-order valence-corrected chi connectivity index (χ4v) is 6.53. The van der Waals surface area contributed by atoms with Crippen LogP contribution in [0.3, 0.4) is 0 Å². The van der Waals surface area contributed by atoms with E-state index in [1.807, 2.05) is 30.3 Å². The molecule has 0 atom stereocenters. The van der Waals surface area contributed by atoms with E-state index >= 15 is 0 Å². The minimum absolute atomic E-state index is 0.342. The van der Waals surface area contributed by atoms with E-state index < -0.39 is 0 Å². The molecule has 0 saturated carbocycles. The topological polar surface area (TPSA) is 0 Å². The monoisotopic (exact) mass is 302 g/mol. The molecular formula is C18H23ClSi. The van der Waals surface area contributed by atoms with Crippen LogP contribution < -0.4 is 0 Å². The zero-order valence-corrected chi connectivity index (χ0v) is 14.2. The van der Waals surface area contributed by atoms with Gasteiger partial charge in [0.25, 0.3) is 0 Å². The lowest BCUT2D eigenvalue weighted by atomic mass is 10.0. The Balaban J connectivity index is 1.79. The summed E-state index contributed by atoms with van der Waals surface area (Å²) in [6.45, 7) is 2.32. The van der Waals surface area contributed by atoms with Crippen LogP contribution in [0.2, 0.25) is 23.2 Å². The summed E-state index contributed by atoms with van der Waals surface area (Å²) in [5, 5.41) is 0.763. The minimum atomic E-state index is -0.342. The third kappa shape index (κ3) is 5.19. The van der Waals surface area contributed by atoms with E-state index in [-0.39, 0.29) is 8.80 Å². The van der Waals surface area contributed by atoms with E-state index in [0.29, 0.717) is 0 Å². The quantitative estimate of drug-likeness (QED) is 0.525. The number of benzene rings is 1. The highest BCUT2D eigenvalue weighted by Gasteiger charge is 2.19. The van der Waals surface area contributed by atoms with Crippen LogP contribution in [0.25, 0.3) is 0 Å². The summed E-state index contributed by atoms with van der Waals surface area (Å²) in [7, 11) is -0.342. The Hall–Kier alpha value is -0.973. The van der Waals surface area contributed by atoms with Crippen LogP contribution in [-0.4, -0.2) is 8.80 Å². The molecule has 1 aliphatic rings. The summed E-state index contributed by atoms with van der Waals surface area (Å²) in [5.41, 5.74) is 1.03. The van der Waals surface area contributed by atoms with Crippen molar-refractivity contribution in [3.8, 4) is 11.8 Å². The van der Waals surface area contributed by atoms with Gasteiger partial charge in [-0.15, -0.1) is 0 Å².